The number of halogens is 1. The Hall–Kier alpha value is -4.31. The molecule has 1 aliphatic rings. The second-order valence-electron chi connectivity index (χ2n) is 9.90. The van der Waals surface area contributed by atoms with Gasteiger partial charge < -0.3 is 19.8 Å². The zero-order valence-corrected chi connectivity index (χ0v) is 20.9. The van der Waals surface area contributed by atoms with Gasteiger partial charge in [-0.25, -0.2) is 14.4 Å². The predicted molar refractivity (Wildman–Crippen MR) is 134 cm³/mol. The number of fused-ring (bicyclic) bond motifs is 4. The fourth-order valence-electron chi connectivity index (χ4n) is 5.02. The van der Waals surface area contributed by atoms with Crippen LogP contribution in [0.25, 0.3) is 27.9 Å². The van der Waals surface area contributed by atoms with Gasteiger partial charge in [-0.1, -0.05) is 12.1 Å². The third-order valence-corrected chi connectivity index (χ3v) is 7.10. The van der Waals surface area contributed by atoms with Crippen LogP contribution >= 0.6 is 0 Å². The number of nitrogen functional groups attached to an aromatic ring is 1. The van der Waals surface area contributed by atoms with Gasteiger partial charge in [0, 0.05) is 18.7 Å². The molecule has 2 aromatic carbocycles. The fraction of sp³-hybridized carbons (Fsp3) is 0.259. The summed E-state index contributed by atoms with van der Waals surface area (Å²) in [5.41, 5.74) is 9.60. The minimum absolute atomic E-state index is 0.0670. The molecule has 0 spiro atoms. The number of aryl methyl sites for hydroxylation is 1. The molecule has 1 atom stereocenters. The Balaban J connectivity index is 1.40. The Morgan fingerprint density at radius 1 is 1.27 bits per heavy atom. The van der Waals surface area contributed by atoms with E-state index in [2.05, 4.69) is 9.97 Å². The quantitative estimate of drug-likeness (QED) is 0.378. The molecule has 3 aromatic heterocycles. The smallest absolute Gasteiger partial charge is 0.334 e. The number of hydrogen-bond acceptors (Lipinski definition) is 6. The lowest BCUT2D eigenvalue weighted by Gasteiger charge is -2.41. The van der Waals surface area contributed by atoms with E-state index in [0.717, 1.165) is 22.5 Å². The molecule has 0 fully saturated rings. The number of benzene rings is 2. The molecular formula is C27H26FN6O3+. The summed E-state index contributed by atoms with van der Waals surface area (Å²) in [5.74, 6) is -0.173. The molecule has 37 heavy (non-hydrogen) atoms. The number of nitrogens with two attached hydrogens (primary N) is 1. The molecule has 188 valence electrons. The van der Waals surface area contributed by atoms with Crippen LogP contribution in [0.2, 0.25) is 0 Å². The van der Waals surface area contributed by atoms with Crippen LogP contribution in [0.1, 0.15) is 41.4 Å². The van der Waals surface area contributed by atoms with Crippen LogP contribution in [0.4, 0.5) is 10.2 Å². The molecule has 0 aliphatic carbocycles. The number of nitrogens with zero attached hydrogens (tertiary/aromatic N) is 5. The van der Waals surface area contributed by atoms with Crippen molar-refractivity contribution in [2.24, 2.45) is 7.05 Å². The van der Waals surface area contributed by atoms with Crippen molar-refractivity contribution >= 4 is 28.3 Å². The lowest BCUT2D eigenvalue weighted by atomic mass is 9.85. The number of oxazole rings is 1. The molecule has 0 saturated carbocycles. The number of aromatic nitrogens is 4. The summed E-state index contributed by atoms with van der Waals surface area (Å²) in [6, 6.07) is 8.30. The summed E-state index contributed by atoms with van der Waals surface area (Å²) in [5, 5.41) is 0. The van der Waals surface area contributed by atoms with Crippen molar-refractivity contribution < 1.29 is 22.9 Å². The highest BCUT2D eigenvalue weighted by Gasteiger charge is 2.37. The summed E-state index contributed by atoms with van der Waals surface area (Å²) in [4.78, 5) is 23.6. The number of hydrogen-bond donors (Lipinski definition) is 1. The second kappa shape index (κ2) is 8.10. The Morgan fingerprint density at radius 2 is 2.08 bits per heavy atom. The van der Waals surface area contributed by atoms with Crippen LogP contribution in [-0.2, 0) is 17.4 Å². The largest absolute Gasteiger partial charge is 0.404 e. The number of ether oxygens (including phenoxy) is 1. The molecule has 10 heteroatoms. The molecule has 2 N–H and O–H groups in total. The maximum absolute atomic E-state index is 15.2. The Kier molecular flexibility index (Phi) is 5.06. The molecule has 1 amide bonds. The molecule has 1 aliphatic heterocycles. The second-order valence-corrected chi connectivity index (χ2v) is 9.90. The number of rotatable bonds is 3. The van der Waals surface area contributed by atoms with E-state index in [1.165, 1.54) is 17.0 Å². The summed E-state index contributed by atoms with van der Waals surface area (Å²) in [6.07, 6.45) is 6.67. The van der Waals surface area contributed by atoms with Crippen molar-refractivity contribution in [2.45, 2.75) is 25.5 Å². The Labute approximate surface area is 211 Å². The van der Waals surface area contributed by atoms with E-state index in [9.17, 15) is 4.79 Å². The highest BCUT2D eigenvalue weighted by Crippen LogP contribution is 2.41. The van der Waals surface area contributed by atoms with Crippen molar-refractivity contribution in [1.82, 2.24) is 19.3 Å². The number of anilines is 1. The highest BCUT2D eigenvalue weighted by atomic mass is 19.1. The third kappa shape index (κ3) is 3.63. The van der Waals surface area contributed by atoms with Crippen LogP contribution < -0.4 is 10.3 Å². The first-order chi connectivity index (χ1) is 17.6. The topological polar surface area (TPSA) is 103 Å². The SMILES string of the molecule is CN(C(=O)c1cc2c(cc1F)nc(N)c1cncn12)[C@@H]1COC(C)(C)c2cc(-c3c[n+](C)co3)ccc21. The summed E-state index contributed by atoms with van der Waals surface area (Å²) < 4.78 is 30.6. The van der Waals surface area contributed by atoms with Gasteiger partial charge in [-0.15, -0.1) is 0 Å². The first-order valence-corrected chi connectivity index (χ1v) is 11.8. The first-order valence-electron chi connectivity index (χ1n) is 11.8. The van der Waals surface area contributed by atoms with Crippen LogP contribution in [0.5, 0.6) is 0 Å². The number of likely N-dealkylation sites (N-methyl/N-ethyl adjacent to an activating group) is 1. The van der Waals surface area contributed by atoms with Gasteiger partial charge in [-0.2, -0.15) is 4.57 Å². The lowest BCUT2D eigenvalue weighted by molar-refractivity contribution is -0.674. The minimum atomic E-state index is -0.672. The molecular weight excluding hydrogens is 475 g/mol. The average molecular weight is 502 g/mol. The molecule has 0 radical (unpaired) electrons. The zero-order chi connectivity index (χ0) is 26.1. The van der Waals surface area contributed by atoms with Crippen molar-refractivity contribution in [1.29, 1.82) is 0 Å². The van der Waals surface area contributed by atoms with Gasteiger partial charge in [0.2, 0.25) is 12.0 Å². The van der Waals surface area contributed by atoms with E-state index in [4.69, 9.17) is 14.9 Å². The Morgan fingerprint density at radius 3 is 2.84 bits per heavy atom. The average Bonchev–Trinajstić information content (AvgIpc) is 3.53. The predicted octanol–water partition coefficient (Wildman–Crippen LogP) is 3.77. The van der Waals surface area contributed by atoms with Crippen molar-refractivity contribution in [3.8, 4) is 11.3 Å². The van der Waals surface area contributed by atoms with E-state index in [0.29, 0.717) is 16.6 Å². The van der Waals surface area contributed by atoms with Crippen molar-refractivity contribution in [2.75, 3.05) is 19.4 Å². The van der Waals surface area contributed by atoms with Crippen molar-refractivity contribution in [3.05, 3.63) is 78.0 Å². The van der Waals surface area contributed by atoms with E-state index in [1.54, 1.807) is 30.4 Å². The van der Waals surface area contributed by atoms with E-state index in [-0.39, 0.29) is 18.0 Å². The maximum Gasteiger partial charge on any atom is 0.334 e. The number of carbonyl (C=O) groups is 1. The maximum atomic E-state index is 15.2. The number of imidazole rings is 1. The molecule has 0 saturated heterocycles. The molecule has 0 unspecified atom stereocenters. The van der Waals surface area contributed by atoms with Gasteiger partial charge in [-0.05, 0) is 37.1 Å². The standard InChI is InChI=1S/C27H25FN6O3/c1-27(2)18-7-15(24-11-32(3)14-36-24)5-6-16(18)23(12-37-27)33(4)26(35)17-8-21-20(9-19(17)28)31-25(29)22-10-30-13-34(21)22/h5-11,13-14,23H,12H2,1-4H3,(H-,29,31,35)/p+1/t23-/m1/s1. The van der Waals surface area contributed by atoms with Gasteiger partial charge in [0.05, 0.1) is 47.4 Å². The number of amides is 1. The van der Waals surface area contributed by atoms with E-state index < -0.39 is 23.4 Å². The molecule has 0 bridgehead atoms. The van der Waals surface area contributed by atoms with Crippen molar-refractivity contribution in [3.63, 3.8) is 0 Å². The molecule has 6 rings (SSSR count). The normalized spacial score (nSPS) is 16.7. The summed E-state index contributed by atoms with van der Waals surface area (Å²) >= 11 is 0. The third-order valence-electron chi connectivity index (χ3n) is 7.10. The van der Waals surface area contributed by atoms with E-state index >= 15 is 4.39 Å². The van der Waals surface area contributed by atoms with Crippen LogP contribution in [0.3, 0.4) is 0 Å². The zero-order valence-electron chi connectivity index (χ0n) is 20.9. The minimum Gasteiger partial charge on any atom is -0.404 e. The fourth-order valence-corrected chi connectivity index (χ4v) is 5.02. The van der Waals surface area contributed by atoms with Crippen LogP contribution in [0, 0.1) is 5.82 Å². The highest BCUT2D eigenvalue weighted by molar-refractivity contribution is 5.98. The van der Waals surface area contributed by atoms with Gasteiger partial charge in [0.15, 0.2) is 0 Å². The number of carbonyl (C=O) groups excluding carboxylic acids is 1. The van der Waals surface area contributed by atoms with Crippen LogP contribution in [0.15, 0.2) is 59.9 Å². The van der Waals surface area contributed by atoms with Gasteiger partial charge >= 0.3 is 6.39 Å². The van der Waals surface area contributed by atoms with E-state index in [1.807, 2.05) is 49.9 Å². The van der Waals surface area contributed by atoms with Gasteiger partial charge in [0.1, 0.15) is 24.2 Å². The first kappa shape index (κ1) is 23.1. The molecule has 9 nitrogen and oxygen atoms in total. The Bertz CT molecular complexity index is 1710. The van der Waals surface area contributed by atoms with Gasteiger partial charge in [0.25, 0.3) is 5.91 Å². The monoisotopic (exact) mass is 501 g/mol. The van der Waals surface area contributed by atoms with Crippen LogP contribution in [-0.4, -0.2) is 38.8 Å². The molecule has 5 aromatic rings. The lowest BCUT2D eigenvalue weighted by Crippen LogP contribution is -2.41. The summed E-state index contributed by atoms with van der Waals surface area (Å²) in [7, 11) is 3.56. The van der Waals surface area contributed by atoms with Gasteiger partial charge in [-0.3, -0.25) is 9.20 Å². The molecule has 4 heterocycles. The summed E-state index contributed by atoms with van der Waals surface area (Å²) in [6.45, 7) is 4.26.